The van der Waals surface area contributed by atoms with E-state index in [9.17, 15) is 4.79 Å². The molecule has 1 saturated heterocycles. The van der Waals surface area contributed by atoms with Crippen molar-refractivity contribution in [2.24, 2.45) is 0 Å². The minimum atomic E-state index is 0.161. The van der Waals surface area contributed by atoms with Gasteiger partial charge in [-0.15, -0.1) is 0 Å². The van der Waals surface area contributed by atoms with E-state index in [2.05, 4.69) is 12.2 Å². The van der Waals surface area contributed by atoms with Gasteiger partial charge in [-0.1, -0.05) is 13.3 Å². The van der Waals surface area contributed by atoms with E-state index in [1.54, 1.807) is 0 Å². The van der Waals surface area contributed by atoms with Crippen LogP contribution < -0.4 is 5.32 Å². The number of ether oxygens (including phenoxy) is 1. The SMILES string of the molecule is CCCCOC1CCNCC(=O)C1. The zero-order valence-electron chi connectivity index (χ0n) is 8.34. The van der Waals surface area contributed by atoms with Crippen molar-refractivity contribution in [3.63, 3.8) is 0 Å². The normalized spacial score (nSPS) is 24.4. The molecule has 0 spiro atoms. The highest BCUT2D eigenvalue weighted by Crippen LogP contribution is 2.07. The molecule has 13 heavy (non-hydrogen) atoms. The first-order valence-electron chi connectivity index (χ1n) is 5.17. The molecule has 1 aliphatic heterocycles. The number of hydrogen-bond acceptors (Lipinski definition) is 3. The molecule has 1 rings (SSSR count). The molecule has 76 valence electrons. The van der Waals surface area contributed by atoms with Gasteiger partial charge in [-0.25, -0.2) is 0 Å². The lowest BCUT2D eigenvalue weighted by molar-refractivity contribution is -0.120. The molecule has 0 bridgehead atoms. The third-order valence-electron chi connectivity index (χ3n) is 2.27. The molecular formula is C10H19NO2. The second kappa shape index (κ2) is 6.11. The van der Waals surface area contributed by atoms with Gasteiger partial charge in [-0.2, -0.15) is 0 Å². The lowest BCUT2D eigenvalue weighted by atomic mass is 10.1. The number of rotatable bonds is 4. The Bertz CT molecular complexity index is 159. The van der Waals surface area contributed by atoms with Gasteiger partial charge in [0.05, 0.1) is 12.6 Å². The lowest BCUT2D eigenvalue weighted by Crippen LogP contribution is -2.19. The van der Waals surface area contributed by atoms with E-state index >= 15 is 0 Å². The molecule has 0 amide bonds. The van der Waals surface area contributed by atoms with Crippen LogP contribution in [0.3, 0.4) is 0 Å². The van der Waals surface area contributed by atoms with Crippen LogP contribution in [0.15, 0.2) is 0 Å². The predicted octanol–water partition coefficient (Wildman–Crippen LogP) is 1.12. The van der Waals surface area contributed by atoms with Crippen molar-refractivity contribution >= 4 is 5.78 Å². The summed E-state index contributed by atoms with van der Waals surface area (Å²) in [6.45, 7) is 4.37. The molecule has 1 heterocycles. The third kappa shape index (κ3) is 4.39. The van der Waals surface area contributed by atoms with Gasteiger partial charge in [0.2, 0.25) is 0 Å². The Morgan fingerprint density at radius 2 is 2.46 bits per heavy atom. The monoisotopic (exact) mass is 185 g/mol. The van der Waals surface area contributed by atoms with Gasteiger partial charge >= 0.3 is 0 Å². The number of nitrogens with one attached hydrogen (secondary N) is 1. The molecule has 0 aromatic heterocycles. The lowest BCUT2D eigenvalue weighted by Gasteiger charge is -2.13. The molecule has 3 heteroatoms. The maximum absolute atomic E-state index is 11.2. The van der Waals surface area contributed by atoms with Gasteiger partial charge in [-0.05, 0) is 19.4 Å². The standard InChI is InChI=1S/C10H19NO2/c1-2-3-6-13-10-4-5-11-8-9(12)7-10/h10-11H,2-8H2,1H3. The molecule has 1 fully saturated rings. The molecule has 1 N–H and O–H groups in total. The van der Waals surface area contributed by atoms with E-state index in [1.807, 2.05) is 0 Å². The van der Waals surface area contributed by atoms with Crippen molar-refractivity contribution in [1.29, 1.82) is 0 Å². The third-order valence-corrected chi connectivity index (χ3v) is 2.27. The highest BCUT2D eigenvalue weighted by Gasteiger charge is 2.17. The van der Waals surface area contributed by atoms with Crippen molar-refractivity contribution in [3.8, 4) is 0 Å². The highest BCUT2D eigenvalue weighted by molar-refractivity contribution is 5.81. The van der Waals surface area contributed by atoms with Crippen molar-refractivity contribution in [2.45, 2.75) is 38.7 Å². The second-order valence-corrected chi connectivity index (χ2v) is 3.55. The Morgan fingerprint density at radius 1 is 1.62 bits per heavy atom. The van der Waals surface area contributed by atoms with E-state index in [0.717, 1.165) is 32.4 Å². The summed E-state index contributed by atoms with van der Waals surface area (Å²) in [5.74, 6) is 0.277. The summed E-state index contributed by atoms with van der Waals surface area (Å²) >= 11 is 0. The molecule has 1 unspecified atom stereocenters. The number of hydrogen-bond donors (Lipinski definition) is 1. The highest BCUT2D eigenvalue weighted by atomic mass is 16.5. The maximum atomic E-state index is 11.2. The fourth-order valence-corrected chi connectivity index (χ4v) is 1.46. The van der Waals surface area contributed by atoms with Gasteiger partial charge in [0.25, 0.3) is 0 Å². The molecule has 0 saturated carbocycles. The fraction of sp³-hybridized carbons (Fsp3) is 0.900. The summed E-state index contributed by atoms with van der Waals surface area (Å²) in [5, 5.41) is 3.09. The first-order chi connectivity index (χ1) is 6.33. The van der Waals surface area contributed by atoms with Gasteiger partial charge in [0.1, 0.15) is 5.78 Å². The molecule has 1 aliphatic rings. The molecule has 1 atom stereocenters. The maximum Gasteiger partial charge on any atom is 0.149 e. The van der Waals surface area contributed by atoms with Crippen LogP contribution in [0.2, 0.25) is 0 Å². The van der Waals surface area contributed by atoms with Crippen molar-refractivity contribution in [1.82, 2.24) is 5.32 Å². The van der Waals surface area contributed by atoms with Crippen LogP contribution in [-0.2, 0) is 9.53 Å². The van der Waals surface area contributed by atoms with Gasteiger partial charge in [0.15, 0.2) is 0 Å². The Balaban J connectivity index is 2.19. The Labute approximate surface area is 79.8 Å². The molecular weight excluding hydrogens is 166 g/mol. The summed E-state index contributed by atoms with van der Waals surface area (Å²) in [5.41, 5.74) is 0. The average molecular weight is 185 g/mol. The summed E-state index contributed by atoms with van der Waals surface area (Å²) < 4.78 is 5.61. The quantitative estimate of drug-likeness (QED) is 0.667. The Hall–Kier alpha value is -0.410. The van der Waals surface area contributed by atoms with Gasteiger partial charge < -0.3 is 10.1 Å². The minimum absolute atomic E-state index is 0.161. The van der Waals surface area contributed by atoms with Crippen LogP contribution in [0.5, 0.6) is 0 Å². The van der Waals surface area contributed by atoms with Crippen LogP contribution in [-0.4, -0.2) is 31.6 Å². The van der Waals surface area contributed by atoms with E-state index in [0.29, 0.717) is 13.0 Å². The average Bonchev–Trinajstić information content (AvgIpc) is 2.31. The van der Waals surface area contributed by atoms with E-state index in [4.69, 9.17) is 4.74 Å². The number of unbranched alkanes of at least 4 members (excludes halogenated alkanes) is 1. The molecule has 0 aromatic rings. The molecule has 3 nitrogen and oxygen atoms in total. The van der Waals surface area contributed by atoms with Crippen LogP contribution in [0.1, 0.15) is 32.6 Å². The fourth-order valence-electron chi connectivity index (χ4n) is 1.46. The van der Waals surface area contributed by atoms with Crippen LogP contribution in [0.25, 0.3) is 0 Å². The minimum Gasteiger partial charge on any atom is -0.378 e. The number of Topliss-reactive ketones (excluding diaryl/α,β-unsaturated/α-hetero) is 1. The van der Waals surface area contributed by atoms with E-state index in [1.165, 1.54) is 0 Å². The number of carbonyl (C=O) groups is 1. The summed E-state index contributed by atoms with van der Waals surface area (Å²) in [4.78, 5) is 11.2. The zero-order valence-corrected chi connectivity index (χ0v) is 8.34. The Morgan fingerprint density at radius 3 is 3.23 bits per heavy atom. The molecule has 0 aliphatic carbocycles. The summed E-state index contributed by atoms with van der Waals surface area (Å²) in [6, 6.07) is 0. The Kier molecular flexibility index (Phi) is 5.01. The van der Waals surface area contributed by atoms with E-state index < -0.39 is 0 Å². The number of carbonyl (C=O) groups excluding carboxylic acids is 1. The molecule has 0 aromatic carbocycles. The van der Waals surface area contributed by atoms with Crippen LogP contribution in [0.4, 0.5) is 0 Å². The second-order valence-electron chi connectivity index (χ2n) is 3.55. The zero-order chi connectivity index (χ0) is 9.52. The van der Waals surface area contributed by atoms with Crippen molar-refractivity contribution in [2.75, 3.05) is 19.7 Å². The first kappa shape index (κ1) is 10.7. The summed E-state index contributed by atoms with van der Waals surface area (Å²) in [6.07, 6.45) is 3.97. The van der Waals surface area contributed by atoms with Gasteiger partial charge in [0, 0.05) is 13.0 Å². The van der Waals surface area contributed by atoms with Crippen molar-refractivity contribution < 1.29 is 9.53 Å². The van der Waals surface area contributed by atoms with Crippen LogP contribution >= 0.6 is 0 Å². The topological polar surface area (TPSA) is 38.3 Å². The van der Waals surface area contributed by atoms with E-state index in [-0.39, 0.29) is 11.9 Å². The number of ketones is 1. The largest absolute Gasteiger partial charge is 0.378 e. The smallest absolute Gasteiger partial charge is 0.149 e. The first-order valence-corrected chi connectivity index (χ1v) is 5.17. The molecule has 0 radical (unpaired) electrons. The van der Waals surface area contributed by atoms with Crippen LogP contribution in [0, 0.1) is 0 Å². The summed E-state index contributed by atoms with van der Waals surface area (Å²) in [7, 11) is 0. The van der Waals surface area contributed by atoms with Crippen molar-refractivity contribution in [3.05, 3.63) is 0 Å². The predicted molar refractivity (Wildman–Crippen MR) is 51.8 cm³/mol. The van der Waals surface area contributed by atoms with Gasteiger partial charge in [-0.3, -0.25) is 4.79 Å².